The number of hydrogen-bond acceptors (Lipinski definition) is 4. The van der Waals surface area contributed by atoms with Crippen LogP contribution in [0.25, 0.3) is 0 Å². The van der Waals surface area contributed by atoms with E-state index in [1.54, 1.807) is 6.07 Å². The first kappa shape index (κ1) is 14.3. The van der Waals surface area contributed by atoms with E-state index in [9.17, 15) is 0 Å². The summed E-state index contributed by atoms with van der Waals surface area (Å²) in [6.45, 7) is 7.21. The van der Waals surface area contributed by atoms with Crippen molar-refractivity contribution in [2.45, 2.75) is 27.2 Å². The molecule has 0 radical (unpaired) electrons. The predicted molar refractivity (Wildman–Crippen MR) is 74.2 cm³/mol. The van der Waals surface area contributed by atoms with Crippen molar-refractivity contribution in [3.05, 3.63) is 23.4 Å². The highest BCUT2D eigenvalue weighted by molar-refractivity contribution is 5.97. The number of nitrogens with two attached hydrogens (primary N) is 1. The Bertz CT molecular complexity index is 431. The van der Waals surface area contributed by atoms with Crippen LogP contribution >= 0.6 is 0 Å². The minimum Gasteiger partial charge on any atom is -0.409 e. The second-order valence-corrected chi connectivity index (χ2v) is 4.73. The Balaban J connectivity index is 2.99. The smallest absolute Gasteiger partial charge is 0.170 e. The van der Waals surface area contributed by atoms with Crippen molar-refractivity contribution in [1.29, 1.82) is 0 Å². The van der Waals surface area contributed by atoms with Gasteiger partial charge in [0, 0.05) is 24.8 Å². The van der Waals surface area contributed by atoms with Gasteiger partial charge in [0.25, 0.3) is 0 Å². The van der Waals surface area contributed by atoms with Gasteiger partial charge in [0.2, 0.25) is 0 Å². The van der Waals surface area contributed by atoms with Crippen LogP contribution < -0.4 is 10.6 Å². The Kier molecular flexibility index (Phi) is 4.95. The Hall–Kier alpha value is -1.78. The zero-order valence-electron chi connectivity index (χ0n) is 11.5. The zero-order valence-corrected chi connectivity index (χ0v) is 11.5. The molecule has 1 aromatic rings. The van der Waals surface area contributed by atoms with Crippen molar-refractivity contribution in [2.75, 3.05) is 18.5 Å². The lowest BCUT2D eigenvalue weighted by Gasteiger charge is -2.22. The lowest BCUT2D eigenvalue weighted by atomic mass is 10.1. The van der Waals surface area contributed by atoms with Gasteiger partial charge in [-0.2, -0.15) is 0 Å². The lowest BCUT2D eigenvalue weighted by Crippen LogP contribution is -2.25. The van der Waals surface area contributed by atoms with Crippen molar-refractivity contribution in [3.63, 3.8) is 0 Å². The van der Waals surface area contributed by atoms with Crippen LogP contribution in [0, 0.1) is 12.8 Å². The van der Waals surface area contributed by atoms with Gasteiger partial charge in [-0.05, 0) is 25.0 Å². The van der Waals surface area contributed by atoms with Crippen LogP contribution in [0.3, 0.4) is 0 Å². The first-order valence-electron chi connectivity index (χ1n) is 6.15. The fraction of sp³-hybridized carbons (Fsp3) is 0.538. The third-order valence-corrected chi connectivity index (χ3v) is 3.02. The summed E-state index contributed by atoms with van der Waals surface area (Å²) in [5, 5.41) is 11.7. The fourth-order valence-corrected chi connectivity index (χ4v) is 1.74. The molecule has 0 aliphatic carbocycles. The average molecular weight is 250 g/mol. The van der Waals surface area contributed by atoms with Crippen LogP contribution in [0.2, 0.25) is 0 Å². The summed E-state index contributed by atoms with van der Waals surface area (Å²) in [4.78, 5) is 6.56. The summed E-state index contributed by atoms with van der Waals surface area (Å²) < 4.78 is 0. The topological polar surface area (TPSA) is 74.7 Å². The van der Waals surface area contributed by atoms with E-state index in [1.807, 2.05) is 20.0 Å². The van der Waals surface area contributed by atoms with Crippen LogP contribution in [0.4, 0.5) is 5.82 Å². The van der Waals surface area contributed by atoms with E-state index < -0.39 is 0 Å². The molecule has 0 spiro atoms. The molecule has 5 heteroatoms. The molecular weight excluding hydrogens is 228 g/mol. The minimum atomic E-state index is 0.110. The normalized spacial score (nSPS) is 13.4. The number of aromatic nitrogens is 1. The van der Waals surface area contributed by atoms with Crippen LogP contribution in [0.1, 0.15) is 31.5 Å². The number of pyridine rings is 1. The minimum absolute atomic E-state index is 0.110. The summed E-state index contributed by atoms with van der Waals surface area (Å²) in [6.07, 6.45) is 1.13. The molecule has 0 bridgehead atoms. The van der Waals surface area contributed by atoms with E-state index in [1.165, 1.54) is 0 Å². The summed E-state index contributed by atoms with van der Waals surface area (Å²) in [5.41, 5.74) is 7.16. The van der Waals surface area contributed by atoms with Crippen molar-refractivity contribution in [3.8, 4) is 0 Å². The second kappa shape index (κ2) is 6.23. The Morgan fingerprint density at radius 2 is 2.22 bits per heavy atom. The summed E-state index contributed by atoms with van der Waals surface area (Å²) in [5.74, 6) is 1.56. The number of aryl methyl sites for hydroxylation is 1. The lowest BCUT2D eigenvalue weighted by molar-refractivity contribution is 0.318. The monoisotopic (exact) mass is 250 g/mol. The maximum atomic E-state index is 8.72. The molecular formula is C13H22N4O. The van der Waals surface area contributed by atoms with E-state index in [2.05, 4.69) is 28.9 Å². The maximum absolute atomic E-state index is 8.72. The summed E-state index contributed by atoms with van der Waals surface area (Å²) in [6, 6.07) is 3.64. The van der Waals surface area contributed by atoms with E-state index in [0.29, 0.717) is 11.5 Å². The molecule has 18 heavy (non-hydrogen) atoms. The standard InChI is InChI=1S/C13H22N4O/c1-5-9(2)8-17(4)12-7-11(13(14)16-18)6-10(3)15-12/h6-7,9,18H,5,8H2,1-4H3,(H2,14,16). The molecule has 1 heterocycles. The second-order valence-electron chi connectivity index (χ2n) is 4.73. The Morgan fingerprint density at radius 1 is 1.56 bits per heavy atom. The molecule has 0 fully saturated rings. The van der Waals surface area contributed by atoms with Gasteiger partial charge in [-0.1, -0.05) is 25.4 Å². The largest absolute Gasteiger partial charge is 0.409 e. The summed E-state index contributed by atoms with van der Waals surface area (Å²) in [7, 11) is 2.00. The van der Waals surface area contributed by atoms with Gasteiger partial charge < -0.3 is 15.8 Å². The van der Waals surface area contributed by atoms with Crippen molar-refractivity contribution >= 4 is 11.7 Å². The van der Waals surface area contributed by atoms with Gasteiger partial charge in [0.15, 0.2) is 5.84 Å². The van der Waals surface area contributed by atoms with Gasteiger partial charge in [0.05, 0.1) is 0 Å². The number of oxime groups is 1. The number of anilines is 1. The molecule has 0 aliphatic rings. The quantitative estimate of drug-likeness (QED) is 0.362. The molecule has 1 rings (SSSR count). The van der Waals surface area contributed by atoms with E-state index in [-0.39, 0.29) is 5.84 Å². The number of hydrogen-bond donors (Lipinski definition) is 2. The molecule has 100 valence electrons. The van der Waals surface area contributed by atoms with Crippen LogP contribution in [0.15, 0.2) is 17.3 Å². The maximum Gasteiger partial charge on any atom is 0.170 e. The van der Waals surface area contributed by atoms with Crippen molar-refractivity contribution in [2.24, 2.45) is 16.8 Å². The third kappa shape index (κ3) is 3.61. The van der Waals surface area contributed by atoms with Gasteiger partial charge in [-0.25, -0.2) is 4.98 Å². The van der Waals surface area contributed by atoms with Crippen LogP contribution in [-0.4, -0.2) is 29.6 Å². The SMILES string of the molecule is CCC(C)CN(C)c1cc(/C(N)=N/O)cc(C)n1. The van der Waals surface area contributed by atoms with E-state index in [4.69, 9.17) is 10.9 Å². The Morgan fingerprint density at radius 3 is 2.78 bits per heavy atom. The first-order chi connectivity index (χ1) is 8.47. The van der Waals surface area contributed by atoms with Crippen LogP contribution in [-0.2, 0) is 0 Å². The molecule has 1 unspecified atom stereocenters. The van der Waals surface area contributed by atoms with E-state index in [0.717, 1.165) is 24.5 Å². The molecule has 0 amide bonds. The number of amidine groups is 1. The first-order valence-corrected chi connectivity index (χ1v) is 6.15. The zero-order chi connectivity index (χ0) is 13.7. The third-order valence-electron chi connectivity index (χ3n) is 3.02. The van der Waals surface area contributed by atoms with Crippen molar-refractivity contribution in [1.82, 2.24) is 4.98 Å². The molecule has 0 saturated carbocycles. The molecule has 1 atom stereocenters. The van der Waals surface area contributed by atoms with Gasteiger partial charge >= 0.3 is 0 Å². The van der Waals surface area contributed by atoms with Crippen LogP contribution in [0.5, 0.6) is 0 Å². The van der Waals surface area contributed by atoms with Gasteiger partial charge in [0.1, 0.15) is 5.82 Å². The highest BCUT2D eigenvalue weighted by Gasteiger charge is 2.10. The number of nitrogens with zero attached hydrogens (tertiary/aromatic N) is 3. The predicted octanol–water partition coefficient (Wildman–Crippen LogP) is 1.97. The molecule has 3 N–H and O–H groups in total. The highest BCUT2D eigenvalue weighted by Crippen LogP contribution is 2.16. The average Bonchev–Trinajstić information content (AvgIpc) is 2.36. The fourth-order valence-electron chi connectivity index (χ4n) is 1.74. The van der Waals surface area contributed by atoms with E-state index >= 15 is 0 Å². The highest BCUT2D eigenvalue weighted by atomic mass is 16.4. The number of rotatable bonds is 5. The van der Waals surface area contributed by atoms with Gasteiger partial charge in [-0.15, -0.1) is 0 Å². The Labute approximate surface area is 108 Å². The molecule has 5 nitrogen and oxygen atoms in total. The molecule has 0 aliphatic heterocycles. The summed E-state index contributed by atoms with van der Waals surface area (Å²) >= 11 is 0. The molecule has 0 aromatic carbocycles. The molecule has 1 aromatic heterocycles. The molecule has 0 saturated heterocycles. The van der Waals surface area contributed by atoms with Crippen molar-refractivity contribution < 1.29 is 5.21 Å². The van der Waals surface area contributed by atoms with Gasteiger partial charge in [-0.3, -0.25) is 0 Å².